The molecule has 2 amide bonds. The molecule has 5 nitrogen and oxygen atoms in total. The Morgan fingerprint density at radius 2 is 2.00 bits per heavy atom. The fraction of sp³-hybridized carbons (Fsp3) is 0.833. The topological polar surface area (TPSA) is 78.4 Å². The SMILES string of the molecule is CCC[C@@H](NC(=O)NC(C)CC1CC1)C(=O)O. The van der Waals surface area contributed by atoms with Gasteiger partial charge in [-0.3, -0.25) is 0 Å². The van der Waals surface area contributed by atoms with E-state index in [4.69, 9.17) is 5.11 Å². The van der Waals surface area contributed by atoms with Crippen LogP contribution in [0, 0.1) is 5.92 Å². The van der Waals surface area contributed by atoms with Gasteiger partial charge in [0.25, 0.3) is 0 Å². The molecule has 0 aromatic heterocycles. The molecule has 17 heavy (non-hydrogen) atoms. The van der Waals surface area contributed by atoms with Crippen LogP contribution < -0.4 is 10.6 Å². The molecule has 3 N–H and O–H groups in total. The number of hydrogen-bond donors (Lipinski definition) is 3. The highest BCUT2D eigenvalue weighted by molar-refractivity contribution is 5.82. The van der Waals surface area contributed by atoms with E-state index < -0.39 is 12.0 Å². The number of aliphatic carboxylic acids is 1. The van der Waals surface area contributed by atoms with Gasteiger partial charge in [0.2, 0.25) is 0 Å². The summed E-state index contributed by atoms with van der Waals surface area (Å²) in [5.41, 5.74) is 0. The summed E-state index contributed by atoms with van der Waals surface area (Å²) in [5, 5.41) is 14.2. The number of amides is 2. The molecule has 1 aliphatic rings. The third kappa shape index (κ3) is 5.56. The van der Waals surface area contributed by atoms with E-state index in [0.29, 0.717) is 6.42 Å². The Kier molecular flexibility index (Phi) is 5.25. The van der Waals surface area contributed by atoms with Crippen LogP contribution in [0.5, 0.6) is 0 Å². The van der Waals surface area contributed by atoms with Crippen molar-refractivity contribution in [3.8, 4) is 0 Å². The van der Waals surface area contributed by atoms with Crippen LogP contribution in [0.1, 0.15) is 46.0 Å². The quantitative estimate of drug-likeness (QED) is 0.636. The summed E-state index contributed by atoms with van der Waals surface area (Å²) in [6, 6.07) is -1.05. The number of carbonyl (C=O) groups is 2. The zero-order valence-electron chi connectivity index (χ0n) is 10.5. The molecule has 1 saturated carbocycles. The van der Waals surface area contributed by atoms with Gasteiger partial charge >= 0.3 is 12.0 Å². The maximum Gasteiger partial charge on any atom is 0.326 e. The van der Waals surface area contributed by atoms with E-state index >= 15 is 0 Å². The van der Waals surface area contributed by atoms with Crippen LogP contribution in [0.15, 0.2) is 0 Å². The lowest BCUT2D eigenvalue weighted by Gasteiger charge is -2.17. The number of hydrogen-bond acceptors (Lipinski definition) is 2. The lowest BCUT2D eigenvalue weighted by Crippen LogP contribution is -2.48. The molecule has 0 heterocycles. The Balaban J connectivity index is 2.27. The van der Waals surface area contributed by atoms with E-state index in [1.54, 1.807) is 0 Å². The maximum atomic E-state index is 11.6. The number of nitrogens with one attached hydrogen (secondary N) is 2. The minimum absolute atomic E-state index is 0.110. The number of rotatable bonds is 7. The average molecular weight is 242 g/mol. The third-order valence-corrected chi connectivity index (χ3v) is 2.94. The summed E-state index contributed by atoms with van der Waals surface area (Å²) in [6.45, 7) is 3.85. The van der Waals surface area contributed by atoms with E-state index in [-0.39, 0.29) is 12.1 Å². The van der Waals surface area contributed by atoms with Crippen molar-refractivity contribution in [3.63, 3.8) is 0 Å². The standard InChI is InChI=1S/C12H22N2O3/c1-3-4-10(11(15)16)14-12(17)13-8(2)7-9-5-6-9/h8-10H,3-7H2,1-2H3,(H,15,16)(H2,13,14,17)/t8?,10-/m1/s1. The molecule has 0 saturated heterocycles. The van der Waals surface area contributed by atoms with Crippen molar-refractivity contribution in [2.24, 2.45) is 5.92 Å². The fourth-order valence-corrected chi connectivity index (χ4v) is 1.88. The van der Waals surface area contributed by atoms with E-state index in [9.17, 15) is 9.59 Å². The summed E-state index contributed by atoms with van der Waals surface area (Å²) in [7, 11) is 0. The smallest absolute Gasteiger partial charge is 0.326 e. The Morgan fingerprint density at radius 3 is 2.47 bits per heavy atom. The molecule has 0 radical (unpaired) electrons. The summed E-state index contributed by atoms with van der Waals surface area (Å²) in [6.07, 6.45) is 4.68. The zero-order valence-corrected chi connectivity index (χ0v) is 10.5. The van der Waals surface area contributed by atoms with Gasteiger partial charge < -0.3 is 15.7 Å². The van der Waals surface area contributed by atoms with E-state index in [2.05, 4.69) is 10.6 Å². The lowest BCUT2D eigenvalue weighted by molar-refractivity contribution is -0.139. The Morgan fingerprint density at radius 1 is 1.35 bits per heavy atom. The predicted octanol–water partition coefficient (Wildman–Crippen LogP) is 1.73. The van der Waals surface area contributed by atoms with Crippen molar-refractivity contribution in [2.75, 3.05) is 0 Å². The highest BCUT2D eigenvalue weighted by Crippen LogP contribution is 2.33. The summed E-state index contributed by atoms with van der Waals surface area (Å²) >= 11 is 0. The Bertz CT molecular complexity index is 277. The van der Waals surface area contributed by atoms with Gasteiger partial charge in [-0.15, -0.1) is 0 Å². The van der Waals surface area contributed by atoms with Crippen molar-refractivity contribution in [1.82, 2.24) is 10.6 Å². The van der Waals surface area contributed by atoms with Crippen molar-refractivity contribution in [3.05, 3.63) is 0 Å². The highest BCUT2D eigenvalue weighted by Gasteiger charge is 2.25. The van der Waals surface area contributed by atoms with Gasteiger partial charge in [-0.1, -0.05) is 26.2 Å². The van der Waals surface area contributed by atoms with Crippen molar-refractivity contribution >= 4 is 12.0 Å². The van der Waals surface area contributed by atoms with Crippen LogP contribution >= 0.6 is 0 Å². The van der Waals surface area contributed by atoms with E-state index in [0.717, 1.165) is 18.8 Å². The molecular weight excluding hydrogens is 220 g/mol. The average Bonchev–Trinajstić information content (AvgIpc) is 3.00. The van der Waals surface area contributed by atoms with Gasteiger partial charge in [0.15, 0.2) is 0 Å². The minimum atomic E-state index is -0.975. The molecule has 5 heteroatoms. The Labute approximate surface area is 102 Å². The van der Waals surface area contributed by atoms with Crippen molar-refractivity contribution in [2.45, 2.75) is 58.0 Å². The summed E-state index contributed by atoms with van der Waals surface area (Å²) < 4.78 is 0. The normalized spacial score (nSPS) is 18.2. The van der Waals surface area contributed by atoms with Crippen LogP contribution in [0.2, 0.25) is 0 Å². The molecule has 0 bridgehead atoms. The molecule has 2 atom stereocenters. The molecular formula is C12H22N2O3. The van der Waals surface area contributed by atoms with Gasteiger partial charge in [-0.2, -0.15) is 0 Å². The second-order valence-corrected chi connectivity index (χ2v) is 4.88. The first-order valence-electron chi connectivity index (χ1n) is 6.32. The number of urea groups is 1. The largest absolute Gasteiger partial charge is 0.480 e. The van der Waals surface area contributed by atoms with E-state index in [1.807, 2.05) is 13.8 Å². The highest BCUT2D eigenvalue weighted by atomic mass is 16.4. The van der Waals surface area contributed by atoms with Gasteiger partial charge in [0.05, 0.1) is 0 Å². The third-order valence-electron chi connectivity index (χ3n) is 2.94. The van der Waals surface area contributed by atoms with Crippen LogP contribution in [0.3, 0.4) is 0 Å². The first-order chi connectivity index (χ1) is 8.02. The predicted molar refractivity (Wildman–Crippen MR) is 64.8 cm³/mol. The molecule has 1 fully saturated rings. The van der Waals surface area contributed by atoms with E-state index in [1.165, 1.54) is 12.8 Å². The molecule has 98 valence electrons. The Hall–Kier alpha value is -1.26. The second-order valence-electron chi connectivity index (χ2n) is 4.88. The maximum absolute atomic E-state index is 11.6. The minimum Gasteiger partial charge on any atom is -0.480 e. The summed E-state index contributed by atoms with van der Waals surface area (Å²) in [4.78, 5) is 22.4. The number of carbonyl (C=O) groups excluding carboxylic acids is 1. The van der Waals surface area contributed by atoms with Gasteiger partial charge in [-0.05, 0) is 25.7 Å². The monoisotopic (exact) mass is 242 g/mol. The van der Waals surface area contributed by atoms with Crippen molar-refractivity contribution < 1.29 is 14.7 Å². The van der Waals surface area contributed by atoms with Crippen LogP contribution in [-0.4, -0.2) is 29.2 Å². The van der Waals surface area contributed by atoms with Gasteiger partial charge in [0, 0.05) is 6.04 Å². The molecule has 1 aliphatic carbocycles. The van der Waals surface area contributed by atoms with Crippen LogP contribution in [-0.2, 0) is 4.79 Å². The molecule has 0 spiro atoms. The first kappa shape index (κ1) is 13.8. The molecule has 0 aromatic rings. The summed E-state index contributed by atoms with van der Waals surface area (Å²) in [5.74, 6) is -0.229. The second kappa shape index (κ2) is 6.47. The lowest BCUT2D eigenvalue weighted by atomic mass is 10.1. The van der Waals surface area contributed by atoms with Gasteiger partial charge in [-0.25, -0.2) is 9.59 Å². The van der Waals surface area contributed by atoms with Crippen LogP contribution in [0.4, 0.5) is 4.79 Å². The first-order valence-corrected chi connectivity index (χ1v) is 6.32. The zero-order chi connectivity index (χ0) is 12.8. The number of carboxylic acid groups (broad SMARTS) is 1. The fourth-order valence-electron chi connectivity index (χ4n) is 1.88. The number of carboxylic acids is 1. The van der Waals surface area contributed by atoms with Crippen LogP contribution in [0.25, 0.3) is 0 Å². The van der Waals surface area contributed by atoms with Gasteiger partial charge in [0.1, 0.15) is 6.04 Å². The molecule has 0 aromatic carbocycles. The van der Waals surface area contributed by atoms with Crippen molar-refractivity contribution in [1.29, 1.82) is 0 Å². The molecule has 1 rings (SSSR count). The molecule has 1 unspecified atom stereocenters. The molecule has 0 aliphatic heterocycles.